The molecular formula is C13H16O2. The van der Waals surface area contributed by atoms with Gasteiger partial charge in [0.05, 0.1) is 0 Å². The summed E-state index contributed by atoms with van der Waals surface area (Å²) in [6, 6.07) is 0. The van der Waals surface area contributed by atoms with Crippen LogP contribution in [0.3, 0.4) is 0 Å². The molecule has 1 aliphatic heterocycles. The lowest BCUT2D eigenvalue weighted by molar-refractivity contribution is 0.209. The molecule has 1 N–H and O–H groups in total. The van der Waals surface area contributed by atoms with Crippen LogP contribution in [0.5, 0.6) is 11.5 Å². The average Bonchev–Trinajstić information content (AvgIpc) is 2.84. The summed E-state index contributed by atoms with van der Waals surface area (Å²) in [7, 11) is 0. The van der Waals surface area contributed by atoms with Crippen LogP contribution in [0.4, 0.5) is 0 Å². The molecule has 0 radical (unpaired) electrons. The van der Waals surface area contributed by atoms with Gasteiger partial charge in [-0.25, -0.2) is 0 Å². The highest BCUT2D eigenvalue weighted by Gasteiger charge is 2.51. The largest absolute Gasteiger partial charge is 0.507 e. The molecule has 0 amide bonds. The summed E-state index contributed by atoms with van der Waals surface area (Å²) in [5.74, 6) is 1.49. The van der Waals surface area contributed by atoms with E-state index in [0.717, 1.165) is 28.9 Å². The van der Waals surface area contributed by atoms with Crippen molar-refractivity contribution in [1.82, 2.24) is 0 Å². The Kier molecular flexibility index (Phi) is 1.51. The molecule has 2 heteroatoms. The molecule has 15 heavy (non-hydrogen) atoms. The Morgan fingerprint density at radius 3 is 2.33 bits per heavy atom. The van der Waals surface area contributed by atoms with E-state index < -0.39 is 0 Å². The number of phenolic OH excluding ortho intramolecular Hbond substituents is 1. The molecule has 1 aromatic carbocycles. The third kappa shape index (κ3) is 1.05. The first-order valence-electron chi connectivity index (χ1n) is 5.55. The topological polar surface area (TPSA) is 29.5 Å². The monoisotopic (exact) mass is 204 g/mol. The lowest BCUT2D eigenvalue weighted by atomic mass is 9.96. The van der Waals surface area contributed by atoms with E-state index in [2.05, 4.69) is 0 Å². The third-order valence-electron chi connectivity index (χ3n) is 3.97. The normalized spacial score (nSPS) is 20.2. The van der Waals surface area contributed by atoms with Crippen LogP contribution < -0.4 is 4.74 Å². The lowest BCUT2D eigenvalue weighted by Crippen LogP contribution is -2.13. The summed E-state index contributed by atoms with van der Waals surface area (Å²) >= 11 is 0. The zero-order chi connectivity index (χ0) is 10.8. The third-order valence-corrected chi connectivity index (χ3v) is 3.97. The first-order valence-corrected chi connectivity index (χ1v) is 5.55. The summed E-state index contributed by atoms with van der Waals surface area (Å²) in [6.45, 7) is 5.99. The highest BCUT2D eigenvalue weighted by molar-refractivity contribution is 5.60. The molecule has 0 bridgehead atoms. The average molecular weight is 204 g/mol. The van der Waals surface area contributed by atoms with Gasteiger partial charge in [-0.15, -0.1) is 0 Å². The van der Waals surface area contributed by atoms with Crippen molar-refractivity contribution in [1.29, 1.82) is 0 Å². The second kappa shape index (κ2) is 2.49. The van der Waals surface area contributed by atoms with Crippen molar-refractivity contribution in [3.8, 4) is 11.5 Å². The van der Waals surface area contributed by atoms with E-state index in [1.54, 1.807) is 0 Å². The Balaban J connectivity index is 2.24. The quantitative estimate of drug-likeness (QED) is 0.704. The molecule has 0 saturated heterocycles. The molecule has 0 atom stereocenters. The van der Waals surface area contributed by atoms with Crippen LogP contribution in [0.2, 0.25) is 0 Å². The van der Waals surface area contributed by atoms with Crippen LogP contribution in [0, 0.1) is 20.8 Å². The molecule has 1 spiro atoms. The fourth-order valence-corrected chi connectivity index (χ4v) is 2.51. The van der Waals surface area contributed by atoms with Gasteiger partial charge in [0.2, 0.25) is 0 Å². The van der Waals surface area contributed by atoms with E-state index in [4.69, 9.17) is 4.74 Å². The minimum Gasteiger partial charge on any atom is -0.507 e. The first kappa shape index (κ1) is 9.08. The highest BCUT2D eigenvalue weighted by atomic mass is 16.5. The van der Waals surface area contributed by atoms with Gasteiger partial charge in [0.15, 0.2) is 0 Å². The number of hydrogen-bond acceptors (Lipinski definition) is 2. The number of aromatic hydroxyl groups is 1. The van der Waals surface area contributed by atoms with Crippen molar-refractivity contribution in [2.45, 2.75) is 45.6 Å². The second-order valence-electron chi connectivity index (χ2n) is 4.99. The van der Waals surface area contributed by atoms with Crippen LogP contribution in [0.15, 0.2) is 0 Å². The molecule has 1 fully saturated rings. The molecular weight excluding hydrogens is 188 g/mol. The summed E-state index contributed by atoms with van der Waals surface area (Å²) in [6.07, 6.45) is 3.32. The van der Waals surface area contributed by atoms with E-state index in [1.807, 2.05) is 20.8 Å². The van der Waals surface area contributed by atoms with Gasteiger partial charge in [0.25, 0.3) is 0 Å². The Bertz CT molecular complexity index is 417. The predicted octanol–water partition coefficient (Wildman–Crippen LogP) is 2.78. The number of benzene rings is 1. The van der Waals surface area contributed by atoms with Gasteiger partial charge in [0.1, 0.15) is 17.1 Å². The van der Waals surface area contributed by atoms with Crippen molar-refractivity contribution in [2.24, 2.45) is 0 Å². The van der Waals surface area contributed by atoms with Crippen molar-refractivity contribution in [2.75, 3.05) is 0 Å². The van der Waals surface area contributed by atoms with Crippen LogP contribution in [-0.4, -0.2) is 10.7 Å². The Morgan fingerprint density at radius 1 is 1.07 bits per heavy atom. The minimum absolute atomic E-state index is 0.109. The molecule has 1 aliphatic carbocycles. The molecule has 0 unspecified atom stereocenters. The molecule has 2 nitrogen and oxygen atoms in total. The SMILES string of the molecule is Cc1c(C)c2c(c(C)c1O)CC1(CC1)O2. The van der Waals surface area contributed by atoms with E-state index >= 15 is 0 Å². The Morgan fingerprint density at radius 2 is 1.73 bits per heavy atom. The lowest BCUT2D eigenvalue weighted by Gasteiger charge is -2.13. The van der Waals surface area contributed by atoms with Crippen molar-refractivity contribution in [3.63, 3.8) is 0 Å². The highest BCUT2D eigenvalue weighted by Crippen LogP contribution is 2.53. The van der Waals surface area contributed by atoms with Crippen molar-refractivity contribution >= 4 is 0 Å². The molecule has 1 heterocycles. The minimum atomic E-state index is 0.109. The second-order valence-corrected chi connectivity index (χ2v) is 4.99. The van der Waals surface area contributed by atoms with Gasteiger partial charge in [-0.2, -0.15) is 0 Å². The number of rotatable bonds is 0. The van der Waals surface area contributed by atoms with Gasteiger partial charge >= 0.3 is 0 Å². The zero-order valence-electron chi connectivity index (χ0n) is 9.48. The van der Waals surface area contributed by atoms with E-state index in [9.17, 15) is 5.11 Å². The van der Waals surface area contributed by atoms with Crippen LogP contribution in [-0.2, 0) is 6.42 Å². The maximum absolute atomic E-state index is 9.99. The first-order chi connectivity index (χ1) is 7.04. The number of ether oxygens (including phenoxy) is 1. The van der Waals surface area contributed by atoms with E-state index in [1.165, 1.54) is 18.4 Å². The summed E-state index contributed by atoms with van der Waals surface area (Å²) in [4.78, 5) is 0. The van der Waals surface area contributed by atoms with Crippen LogP contribution in [0.25, 0.3) is 0 Å². The summed E-state index contributed by atoms with van der Waals surface area (Å²) in [5.41, 5.74) is 4.42. The van der Waals surface area contributed by atoms with Gasteiger partial charge < -0.3 is 9.84 Å². The van der Waals surface area contributed by atoms with Gasteiger partial charge in [-0.3, -0.25) is 0 Å². The fourth-order valence-electron chi connectivity index (χ4n) is 2.51. The fraction of sp³-hybridized carbons (Fsp3) is 0.538. The van der Waals surface area contributed by atoms with Crippen LogP contribution in [0.1, 0.15) is 35.1 Å². The van der Waals surface area contributed by atoms with Gasteiger partial charge in [-0.05, 0) is 50.3 Å². The number of hydrogen-bond donors (Lipinski definition) is 1. The molecule has 1 saturated carbocycles. The smallest absolute Gasteiger partial charge is 0.127 e. The molecule has 2 aliphatic rings. The molecule has 3 rings (SSSR count). The summed E-state index contributed by atoms with van der Waals surface area (Å²) in [5, 5.41) is 9.99. The maximum atomic E-state index is 9.99. The standard InChI is InChI=1S/C13H16O2/c1-7-8(2)12-10(9(3)11(7)14)6-13(15-12)4-5-13/h14H,4-6H2,1-3H3. The molecule has 80 valence electrons. The Hall–Kier alpha value is -1.18. The summed E-state index contributed by atoms with van der Waals surface area (Å²) < 4.78 is 6.04. The van der Waals surface area contributed by atoms with Gasteiger partial charge in [-0.1, -0.05) is 0 Å². The van der Waals surface area contributed by atoms with Crippen molar-refractivity contribution in [3.05, 3.63) is 22.3 Å². The number of phenols is 1. The molecule has 0 aromatic heterocycles. The predicted molar refractivity (Wildman–Crippen MR) is 58.6 cm³/mol. The van der Waals surface area contributed by atoms with E-state index in [-0.39, 0.29) is 5.60 Å². The zero-order valence-corrected chi connectivity index (χ0v) is 9.48. The number of fused-ring (bicyclic) bond motifs is 1. The van der Waals surface area contributed by atoms with Gasteiger partial charge in [0, 0.05) is 12.0 Å². The maximum Gasteiger partial charge on any atom is 0.127 e. The molecule has 1 aromatic rings. The van der Waals surface area contributed by atoms with E-state index in [0.29, 0.717) is 5.75 Å². The Labute approximate surface area is 89.9 Å². The van der Waals surface area contributed by atoms with Crippen LogP contribution >= 0.6 is 0 Å². The van der Waals surface area contributed by atoms with Crippen molar-refractivity contribution < 1.29 is 9.84 Å².